The maximum Gasteiger partial charge on any atom is 0.164 e. The van der Waals surface area contributed by atoms with Crippen molar-refractivity contribution in [2.75, 3.05) is 0 Å². The lowest BCUT2D eigenvalue weighted by molar-refractivity contribution is 1.07. The topological polar surface area (TPSA) is 64.5 Å². The van der Waals surface area contributed by atoms with Gasteiger partial charge in [0.05, 0.1) is 11.4 Å². The van der Waals surface area contributed by atoms with Gasteiger partial charge in [-0.25, -0.2) is 24.9 Å². The predicted octanol–water partition coefficient (Wildman–Crippen LogP) is 13.7. The normalized spacial score (nSPS) is 11.0. The molecule has 0 saturated carbocycles. The van der Waals surface area contributed by atoms with Crippen molar-refractivity contribution in [2.24, 2.45) is 0 Å². The summed E-state index contributed by atoms with van der Waals surface area (Å²) in [6.45, 7) is 0. The molecule has 0 spiro atoms. The molecule has 0 aliphatic carbocycles. The van der Waals surface area contributed by atoms with Crippen molar-refractivity contribution >= 4 is 0 Å². The summed E-state index contributed by atoms with van der Waals surface area (Å²) in [5.74, 6) is 2.51. The van der Waals surface area contributed by atoms with Crippen LogP contribution in [-0.2, 0) is 0 Å². The van der Waals surface area contributed by atoms with E-state index in [0.717, 1.165) is 67.0 Å². The molecule has 0 saturated heterocycles. The molecule has 282 valence electrons. The van der Waals surface area contributed by atoms with Crippen molar-refractivity contribution in [1.29, 1.82) is 0 Å². The average Bonchev–Trinajstić information content (AvgIpc) is 3.35. The maximum absolute atomic E-state index is 5.14. The lowest BCUT2D eigenvalue weighted by Crippen LogP contribution is -2.00. The molecule has 10 aromatic rings. The Morgan fingerprint density at radius 2 is 0.433 bits per heavy atom. The minimum absolute atomic E-state index is 0.601. The van der Waals surface area contributed by atoms with E-state index < -0.39 is 0 Å². The Bertz CT molecular complexity index is 3020. The first-order valence-electron chi connectivity index (χ1n) is 20.0. The summed E-state index contributed by atoms with van der Waals surface area (Å²) in [5, 5.41) is 0. The molecule has 0 bridgehead atoms. The molecule has 8 aromatic carbocycles. The number of benzene rings is 8. The van der Waals surface area contributed by atoms with E-state index in [1.54, 1.807) is 0 Å². The minimum atomic E-state index is 0.601. The molecule has 0 amide bonds. The van der Waals surface area contributed by atoms with Gasteiger partial charge in [-0.05, 0) is 63.7 Å². The molecule has 60 heavy (non-hydrogen) atoms. The zero-order valence-corrected chi connectivity index (χ0v) is 32.6. The molecule has 0 atom stereocenters. The molecule has 0 unspecified atom stereocenters. The molecule has 2 heterocycles. The van der Waals surface area contributed by atoms with Gasteiger partial charge < -0.3 is 0 Å². The van der Waals surface area contributed by atoms with E-state index in [2.05, 4.69) is 140 Å². The maximum atomic E-state index is 5.14. The number of nitrogens with zero attached hydrogens (tertiary/aromatic N) is 5. The van der Waals surface area contributed by atoms with Gasteiger partial charge in [-0.3, -0.25) is 0 Å². The highest BCUT2D eigenvalue weighted by atomic mass is 15.0. The molecule has 0 fully saturated rings. The SMILES string of the molecule is c1ccc(-c2cccc(-c3cccc(-c4nc(-c5ccccc5)nc(-c5cccc(-c6cccc(-c7cc(-c8ccccc8)nc(-c8ccccc8)n7)c6)c5)n4)c3)c2)cc1. The fourth-order valence-electron chi connectivity index (χ4n) is 7.46. The van der Waals surface area contributed by atoms with Crippen LogP contribution in [0.2, 0.25) is 0 Å². The third-order valence-corrected chi connectivity index (χ3v) is 10.5. The van der Waals surface area contributed by atoms with E-state index in [1.807, 2.05) is 84.9 Å². The van der Waals surface area contributed by atoms with Crippen molar-refractivity contribution in [3.8, 4) is 101 Å². The second-order valence-electron chi connectivity index (χ2n) is 14.6. The van der Waals surface area contributed by atoms with Gasteiger partial charge in [0, 0.05) is 33.4 Å². The van der Waals surface area contributed by atoms with Gasteiger partial charge in [-0.2, -0.15) is 0 Å². The molecule has 5 heteroatoms. The van der Waals surface area contributed by atoms with Gasteiger partial charge in [0.2, 0.25) is 0 Å². The Kier molecular flexibility index (Phi) is 9.88. The van der Waals surface area contributed by atoms with Crippen LogP contribution in [0.1, 0.15) is 0 Å². The van der Waals surface area contributed by atoms with Crippen molar-refractivity contribution in [1.82, 2.24) is 24.9 Å². The molecule has 10 rings (SSSR count). The monoisotopic (exact) mass is 767 g/mol. The summed E-state index contributed by atoms with van der Waals surface area (Å²) >= 11 is 0. The predicted molar refractivity (Wildman–Crippen MR) is 244 cm³/mol. The first-order valence-corrected chi connectivity index (χ1v) is 20.0. The smallest absolute Gasteiger partial charge is 0.164 e. The number of hydrogen-bond acceptors (Lipinski definition) is 5. The molecular formula is C55H37N5. The van der Waals surface area contributed by atoms with Gasteiger partial charge >= 0.3 is 0 Å². The van der Waals surface area contributed by atoms with Crippen LogP contribution in [0.25, 0.3) is 101 Å². The number of rotatable bonds is 9. The fourth-order valence-corrected chi connectivity index (χ4v) is 7.46. The lowest BCUT2D eigenvalue weighted by Gasteiger charge is -2.12. The van der Waals surface area contributed by atoms with Crippen LogP contribution < -0.4 is 0 Å². The second kappa shape index (κ2) is 16.4. The largest absolute Gasteiger partial charge is 0.228 e. The molecule has 5 nitrogen and oxygen atoms in total. The third kappa shape index (κ3) is 7.76. The van der Waals surface area contributed by atoms with Crippen LogP contribution >= 0.6 is 0 Å². The van der Waals surface area contributed by atoms with Gasteiger partial charge in [-0.15, -0.1) is 0 Å². The van der Waals surface area contributed by atoms with Gasteiger partial charge in [-0.1, -0.05) is 194 Å². The average molecular weight is 768 g/mol. The summed E-state index contributed by atoms with van der Waals surface area (Å²) in [5.41, 5.74) is 14.1. The molecule has 0 aliphatic heterocycles. The zero-order valence-electron chi connectivity index (χ0n) is 32.6. The minimum Gasteiger partial charge on any atom is -0.228 e. The standard InChI is InChI=1S/C55H37N5/c1-5-17-38(18-6-1)42-25-13-26-43(33-42)45-28-15-31-48(35-45)54-58-53(41-23-11-4-12-24-41)59-55(60-54)49-32-16-29-46(36-49)44-27-14-30-47(34-44)51-37-50(39-19-7-2-8-20-39)56-52(57-51)40-21-9-3-10-22-40/h1-37H. The van der Waals surface area contributed by atoms with Crippen molar-refractivity contribution in [3.05, 3.63) is 224 Å². The Morgan fingerprint density at radius 1 is 0.167 bits per heavy atom. The highest BCUT2D eigenvalue weighted by Gasteiger charge is 2.15. The highest BCUT2D eigenvalue weighted by Crippen LogP contribution is 2.34. The van der Waals surface area contributed by atoms with Gasteiger partial charge in [0.1, 0.15) is 0 Å². The van der Waals surface area contributed by atoms with E-state index in [-0.39, 0.29) is 0 Å². The van der Waals surface area contributed by atoms with E-state index in [9.17, 15) is 0 Å². The quantitative estimate of drug-likeness (QED) is 0.146. The Balaban J connectivity index is 1.03. The van der Waals surface area contributed by atoms with E-state index in [0.29, 0.717) is 23.3 Å². The van der Waals surface area contributed by atoms with E-state index in [1.165, 1.54) is 11.1 Å². The summed E-state index contributed by atoms with van der Waals surface area (Å²) in [4.78, 5) is 25.3. The highest BCUT2D eigenvalue weighted by molar-refractivity contribution is 5.79. The zero-order chi connectivity index (χ0) is 40.1. The van der Waals surface area contributed by atoms with Crippen LogP contribution in [-0.4, -0.2) is 24.9 Å². The van der Waals surface area contributed by atoms with Crippen molar-refractivity contribution in [2.45, 2.75) is 0 Å². The summed E-state index contributed by atoms with van der Waals surface area (Å²) in [6, 6.07) is 77.0. The molecule has 2 aromatic heterocycles. The molecular weight excluding hydrogens is 731 g/mol. The van der Waals surface area contributed by atoms with E-state index in [4.69, 9.17) is 24.9 Å². The first-order chi connectivity index (χ1) is 29.7. The van der Waals surface area contributed by atoms with Gasteiger partial charge in [0.25, 0.3) is 0 Å². The summed E-state index contributed by atoms with van der Waals surface area (Å²) in [6.07, 6.45) is 0. The molecule has 0 N–H and O–H groups in total. The van der Waals surface area contributed by atoms with Crippen LogP contribution in [0, 0.1) is 0 Å². The van der Waals surface area contributed by atoms with Crippen LogP contribution in [0.3, 0.4) is 0 Å². The number of hydrogen-bond donors (Lipinski definition) is 0. The molecule has 0 aliphatic rings. The Morgan fingerprint density at radius 3 is 0.883 bits per heavy atom. The first kappa shape index (κ1) is 36.2. The van der Waals surface area contributed by atoms with Crippen molar-refractivity contribution < 1.29 is 0 Å². The number of aromatic nitrogens is 5. The van der Waals surface area contributed by atoms with Gasteiger partial charge in [0.15, 0.2) is 23.3 Å². The van der Waals surface area contributed by atoms with Crippen LogP contribution in [0.4, 0.5) is 0 Å². The van der Waals surface area contributed by atoms with Crippen LogP contribution in [0.5, 0.6) is 0 Å². The Labute approximate surface area is 349 Å². The second-order valence-corrected chi connectivity index (χ2v) is 14.6. The van der Waals surface area contributed by atoms with Crippen LogP contribution in [0.15, 0.2) is 224 Å². The molecule has 0 radical (unpaired) electrons. The van der Waals surface area contributed by atoms with Crippen molar-refractivity contribution in [3.63, 3.8) is 0 Å². The van der Waals surface area contributed by atoms with E-state index >= 15 is 0 Å². The third-order valence-electron chi connectivity index (χ3n) is 10.5. The lowest BCUT2D eigenvalue weighted by atomic mass is 9.98. The Hall–Kier alpha value is -8.15. The summed E-state index contributed by atoms with van der Waals surface area (Å²) < 4.78 is 0. The summed E-state index contributed by atoms with van der Waals surface area (Å²) in [7, 11) is 0. The fraction of sp³-hybridized carbons (Fsp3) is 0.